The third-order valence-electron chi connectivity index (χ3n) is 4.58. The Bertz CT molecular complexity index is 457. The Balaban J connectivity index is 1.74. The SMILES string of the molecule is CNCc1ccc(Br)cc1N1CCC(N2CCCC2)C1. The highest BCUT2D eigenvalue weighted by atomic mass is 79.9. The summed E-state index contributed by atoms with van der Waals surface area (Å²) in [5.74, 6) is 0. The topological polar surface area (TPSA) is 18.5 Å². The molecule has 0 aromatic heterocycles. The van der Waals surface area contributed by atoms with E-state index in [2.05, 4.69) is 49.2 Å². The van der Waals surface area contributed by atoms with Gasteiger partial charge in [-0.05, 0) is 57.1 Å². The van der Waals surface area contributed by atoms with Crippen molar-refractivity contribution in [2.45, 2.75) is 31.8 Å². The minimum absolute atomic E-state index is 0.763. The first-order valence-electron chi connectivity index (χ1n) is 7.70. The Hall–Kier alpha value is -0.580. The quantitative estimate of drug-likeness (QED) is 0.911. The average Bonchev–Trinajstić information content (AvgIpc) is 3.11. The van der Waals surface area contributed by atoms with Gasteiger partial charge in [0, 0.05) is 35.8 Å². The zero-order chi connectivity index (χ0) is 13.9. The van der Waals surface area contributed by atoms with Gasteiger partial charge in [-0.15, -0.1) is 0 Å². The van der Waals surface area contributed by atoms with Gasteiger partial charge in [0.05, 0.1) is 0 Å². The first-order chi connectivity index (χ1) is 9.78. The summed E-state index contributed by atoms with van der Waals surface area (Å²) in [6.45, 7) is 5.93. The molecule has 3 nitrogen and oxygen atoms in total. The van der Waals surface area contributed by atoms with Gasteiger partial charge in [0.2, 0.25) is 0 Å². The second-order valence-corrected chi connectivity index (χ2v) is 6.85. The summed E-state index contributed by atoms with van der Waals surface area (Å²) in [6, 6.07) is 7.42. The first-order valence-corrected chi connectivity index (χ1v) is 8.49. The fourth-order valence-corrected chi connectivity index (χ4v) is 3.89. The van der Waals surface area contributed by atoms with Crippen LogP contribution in [0.15, 0.2) is 22.7 Å². The van der Waals surface area contributed by atoms with Gasteiger partial charge < -0.3 is 10.2 Å². The maximum Gasteiger partial charge on any atom is 0.0423 e. The number of benzene rings is 1. The molecule has 0 spiro atoms. The molecule has 1 N–H and O–H groups in total. The summed E-state index contributed by atoms with van der Waals surface area (Å²) in [6.07, 6.45) is 4.09. The van der Waals surface area contributed by atoms with E-state index < -0.39 is 0 Å². The third kappa shape index (κ3) is 3.02. The predicted octanol–water partition coefficient (Wildman–Crippen LogP) is 2.84. The van der Waals surface area contributed by atoms with E-state index in [1.807, 2.05) is 7.05 Å². The highest BCUT2D eigenvalue weighted by Gasteiger charge is 2.30. The van der Waals surface area contributed by atoms with Gasteiger partial charge in [-0.25, -0.2) is 0 Å². The Labute approximate surface area is 130 Å². The van der Waals surface area contributed by atoms with E-state index in [4.69, 9.17) is 0 Å². The lowest BCUT2D eigenvalue weighted by atomic mass is 10.1. The summed E-state index contributed by atoms with van der Waals surface area (Å²) < 4.78 is 1.18. The monoisotopic (exact) mass is 337 g/mol. The normalized spacial score (nSPS) is 23.7. The largest absolute Gasteiger partial charge is 0.370 e. The molecule has 0 amide bonds. The molecule has 20 heavy (non-hydrogen) atoms. The van der Waals surface area contributed by atoms with Crippen LogP contribution in [0.4, 0.5) is 5.69 Å². The van der Waals surface area contributed by atoms with Crippen molar-refractivity contribution in [3.63, 3.8) is 0 Å². The van der Waals surface area contributed by atoms with E-state index in [0.29, 0.717) is 0 Å². The Morgan fingerprint density at radius 3 is 2.80 bits per heavy atom. The summed E-state index contributed by atoms with van der Waals surface area (Å²) >= 11 is 3.62. The number of nitrogens with zero attached hydrogens (tertiary/aromatic N) is 2. The summed E-state index contributed by atoms with van der Waals surface area (Å²) in [5, 5.41) is 3.28. The fourth-order valence-electron chi connectivity index (χ4n) is 3.54. The van der Waals surface area contributed by atoms with Crippen LogP contribution in [0.1, 0.15) is 24.8 Å². The molecule has 0 radical (unpaired) electrons. The smallest absolute Gasteiger partial charge is 0.0423 e. The molecule has 1 unspecified atom stereocenters. The van der Waals surface area contributed by atoms with Gasteiger partial charge in [-0.3, -0.25) is 4.90 Å². The van der Waals surface area contributed by atoms with Crippen LogP contribution in [0.25, 0.3) is 0 Å². The molecule has 1 atom stereocenters. The van der Waals surface area contributed by atoms with E-state index in [1.54, 1.807) is 0 Å². The fraction of sp³-hybridized carbons (Fsp3) is 0.625. The molecule has 110 valence electrons. The lowest BCUT2D eigenvalue weighted by Crippen LogP contribution is -2.35. The number of nitrogens with one attached hydrogen (secondary N) is 1. The van der Waals surface area contributed by atoms with Crippen LogP contribution >= 0.6 is 15.9 Å². The zero-order valence-corrected chi connectivity index (χ0v) is 13.8. The van der Waals surface area contributed by atoms with E-state index in [0.717, 1.165) is 12.6 Å². The third-order valence-corrected chi connectivity index (χ3v) is 5.07. The number of hydrogen-bond acceptors (Lipinski definition) is 3. The number of rotatable bonds is 4. The Morgan fingerprint density at radius 2 is 2.05 bits per heavy atom. The molecule has 2 heterocycles. The molecule has 1 aromatic carbocycles. The van der Waals surface area contributed by atoms with Crippen LogP contribution in [0, 0.1) is 0 Å². The van der Waals surface area contributed by atoms with Crippen molar-refractivity contribution in [1.82, 2.24) is 10.2 Å². The molecule has 0 bridgehead atoms. The van der Waals surface area contributed by atoms with Gasteiger partial charge in [0.25, 0.3) is 0 Å². The number of likely N-dealkylation sites (tertiary alicyclic amines) is 1. The lowest BCUT2D eigenvalue weighted by Gasteiger charge is -2.26. The van der Waals surface area contributed by atoms with Crippen molar-refractivity contribution >= 4 is 21.6 Å². The maximum atomic E-state index is 3.62. The van der Waals surface area contributed by atoms with Gasteiger partial charge in [0.15, 0.2) is 0 Å². The molecule has 0 aliphatic carbocycles. The average molecular weight is 338 g/mol. The van der Waals surface area contributed by atoms with Gasteiger partial charge in [-0.1, -0.05) is 22.0 Å². The Morgan fingerprint density at radius 1 is 1.25 bits per heavy atom. The van der Waals surface area contributed by atoms with E-state index in [9.17, 15) is 0 Å². The first kappa shape index (κ1) is 14.4. The van der Waals surface area contributed by atoms with E-state index in [1.165, 1.54) is 61.2 Å². The second kappa shape index (κ2) is 6.46. The minimum atomic E-state index is 0.763. The van der Waals surface area contributed by atoms with Crippen LogP contribution in [-0.4, -0.2) is 44.2 Å². The number of halogens is 1. The highest BCUT2D eigenvalue weighted by Crippen LogP contribution is 2.30. The van der Waals surface area contributed by atoms with Crippen LogP contribution in [0.2, 0.25) is 0 Å². The number of hydrogen-bond donors (Lipinski definition) is 1. The van der Waals surface area contributed by atoms with Crippen LogP contribution < -0.4 is 10.2 Å². The van der Waals surface area contributed by atoms with Crippen LogP contribution in [0.3, 0.4) is 0 Å². The van der Waals surface area contributed by atoms with Crippen molar-refractivity contribution < 1.29 is 0 Å². The molecule has 4 heteroatoms. The molecule has 1 aromatic rings. The lowest BCUT2D eigenvalue weighted by molar-refractivity contribution is 0.260. The van der Waals surface area contributed by atoms with Gasteiger partial charge in [-0.2, -0.15) is 0 Å². The number of anilines is 1. The molecule has 2 aliphatic rings. The molecular weight excluding hydrogens is 314 g/mol. The van der Waals surface area contributed by atoms with E-state index in [-0.39, 0.29) is 0 Å². The second-order valence-electron chi connectivity index (χ2n) is 5.93. The minimum Gasteiger partial charge on any atom is -0.370 e. The van der Waals surface area contributed by atoms with Gasteiger partial charge >= 0.3 is 0 Å². The summed E-state index contributed by atoms with van der Waals surface area (Å²) in [5.41, 5.74) is 2.80. The Kier molecular flexibility index (Phi) is 4.64. The van der Waals surface area contributed by atoms with Crippen LogP contribution in [0.5, 0.6) is 0 Å². The molecule has 2 aliphatic heterocycles. The van der Waals surface area contributed by atoms with Crippen molar-refractivity contribution in [3.05, 3.63) is 28.2 Å². The molecular formula is C16H24BrN3. The van der Waals surface area contributed by atoms with Gasteiger partial charge in [0.1, 0.15) is 0 Å². The van der Waals surface area contributed by atoms with Crippen molar-refractivity contribution in [2.24, 2.45) is 0 Å². The summed E-state index contributed by atoms with van der Waals surface area (Å²) in [4.78, 5) is 5.26. The highest BCUT2D eigenvalue weighted by molar-refractivity contribution is 9.10. The van der Waals surface area contributed by atoms with Crippen molar-refractivity contribution in [1.29, 1.82) is 0 Å². The summed E-state index contributed by atoms with van der Waals surface area (Å²) in [7, 11) is 2.02. The molecule has 2 saturated heterocycles. The molecule has 2 fully saturated rings. The molecule has 0 saturated carbocycles. The van der Waals surface area contributed by atoms with Crippen LogP contribution in [-0.2, 0) is 6.54 Å². The standard InChI is InChI=1S/C16H24BrN3/c1-18-11-13-4-5-14(17)10-16(13)20-9-6-15(12-20)19-7-2-3-8-19/h4-5,10,15,18H,2-3,6-9,11-12H2,1H3. The zero-order valence-electron chi connectivity index (χ0n) is 12.2. The van der Waals surface area contributed by atoms with Crippen molar-refractivity contribution in [2.75, 3.05) is 38.1 Å². The maximum absolute atomic E-state index is 3.62. The van der Waals surface area contributed by atoms with Crippen molar-refractivity contribution in [3.8, 4) is 0 Å². The predicted molar refractivity (Wildman–Crippen MR) is 88.3 cm³/mol. The van der Waals surface area contributed by atoms with E-state index >= 15 is 0 Å². The molecule has 3 rings (SSSR count).